The van der Waals surface area contributed by atoms with Gasteiger partial charge in [0.05, 0.1) is 24.8 Å². The fourth-order valence-electron chi connectivity index (χ4n) is 1.63. The lowest BCUT2D eigenvalue weighted by atomic mass is 10.2. The quantitative estimate of drug-likeness (QED) is 0.669. The van der Waals surface area contributed by atoms with Crippen molar-refractivity contribution in [1.29, 1.82) is 0 Å². The average Bonchev–Trinajstić information content (AvgIpc) is 2.47. The Kier molecular flexibility index (Phi) is 7.66. The lowest BCUT2D eigenvalue weighted by Crippen LogP contribution is -2.28. The molecule has 0 saturated carbocycles. The second-order valence-corrected chi connectivity index (χ2v) is 4.33. The molecule has 1 aromatic rings. The molecule has 6 nitrogen and oxygen atoms in total. The van der Waals surface area contributed by atoms with Crippen molar-refractivity contribution in [3.8, 4) is 5.75 Å². The first-order valence-corrected chi connectivity index (χ1v) is 6.54. The number of hydrogen-bond acceptors (Lipinski definition) is 5. The summed E-state index contributed by atoms with van der Waals surface area (Å²) in [6.45, 7) is 0.919. The van der Waals surface area contributed by atoms with Gasteiger partial charge in [-0.3, -0.25) is 4.79 Å². The van der Waals surface area contributed by atoms with Crippen molar-refractivity contribution in [2.45, 2.75) is 12.5 Å². The molecule has 0 aliphatic heterocycles. The SMILES string of the molecule is COCCOc1ccc(F)cc1NC(=O)CC(CN)OC. The Morgan fingerprint density at radius 3 is 2.76 bits per heavy atom. The summed E-state index contributed by atoms with van der Waals surface area (Å²) < 4.78 is 28.6. The van der Waals surface area contributed by atoms with Crippen LogP contribution in [0.2, 0.25) is 0 Å². The van der Waals surface area contributed by atoms with Gasteiger partial charge >= 0.3 is 0 Å². The van der Waals surface area contributed by atoms with Crippen LogP contribution in [-0.4, -0.2) is 46.0 Å². The predicted molar refractivity (Wildman–Crippen MR) is 76.9 cm³/mol. The third-order valence-corrected chi connectivity index (χ3v) is 2.77. The summed E-state index contributed by atoms with van der Waals surface area (Å²) in [7, 11) is 3.03. The summed E-state index contributed by atoms with van der Waals surface area (Å²) in [4.78, 5) is 11.9. The molecule has 7 heteroatoms. The van der Waals surface area contributed by atoms with E-state index in [1.807, 2.05) is 0 Å². The van der Waals surface area contributed by atoms with E-state index in [4.69, 9.17) is 19.9 Å². The molecule has 0 aliphatic rings. The number of carbonyl (C=O) groups is 1. The Balaban J connectivity index is 2.71. The van der Waals surface area contributed by atoms with E-state index in [0.717, 1.165) is 0 Å². The van der Waals surface area contributed by atoms with Crippen LogP contribution in [0.1, 0.15) is 6.42 Å². The molecule has 1 rings (SSSR count). The van der Waals surface area contributed by atoms with E-state index in [2.05, 4.69) is 5.32 Å². The molecule has 0 spiro atoms. The number of methoxy groups -OCH3 is 2. The molecule has 0 aromatic heterocycles. The van der Waals surface area contributed by atoms with Crippen molar-refractivity contribution in [1.82, 2.24) is 0 Å². The zero-order chi connectivity index (χ0) is 15.7. The lowest BCUT2D eigenvalue weighted by Gasteiger charge is -2.15. The molecule has 118 valence electrons. The molecular formula is C14H21FN2O4. The first kappa shape index (κ1) is 17.4. The van der Waals surface area contributed by atoms with E-state index in [0.29, 0.717) is 19.0 Å². The van der Waals surface area contributed by atoms with E-state index in [1.54, 1.807) is 7.11 Å². The number of rotatable bonds is 9. The molecule has 0 saturated heterocycles. The Bertz CT molecular complexity index is 453. The van der Waals surface area contributed by atoms with Gasteiger partial charge in [0.25, 0.3) is 0 Å². The molecule has 0 fully saturated rings. The zero-order valence-electron chi connectivity index (χ0n) is 12.2. The molecule has 3 N–H and O–H groups in total. The minimum Gasteiger partial charge on any atom is -0.489 e. The van der Waals surface area contributed by atoms with Crippen molar-refractivity contribution in [2.24, 2.45) is 5.73 Å². The van der Waals surface area contributed by atoms with Crippen molar-refractivity contribution in [3.63, 3.8) is 0 Å². The van der Waals surface area contributed by atoms with Gasteiger partial charge in [-0.15, -0.1) is 0 Å². The van der Waals surface area contributed by atoms with Crippen LogP contribution >= 0.6 is 0 Å². The van der Waals surface area contributed by atoms with Crippen LogP contribution in [-0.2, 0) is 14.3 Å². The molecule has 21 heavy (non-hydrogen) atoms. The monoisotopic (exact) mass is 300 g/mol. The van der Waals surface area contributed by atoms with Crippen molar-refractivity contribution < 1.29 is 23.4 Å². The fourth-order valence-corrected chi connectivity index (χ4v) is 1.63. The molecule has 1 atom stereocenters. The second-order valence-electron chi connectivity index (χ2n) is 4.33. The molecule has 1 amide bonds. The number of nitrogens with one attached hydrogen (secondary N) is 1. The van der Waals surface area contributed by atoms with Crippen LogP contribution in [0.4, 0.5) is 10.1 Å². The van der Waals surface area contributed by atoms with Gasteiger partial charge in [0.1, 0.15) is 18.2 Å². The fraction of sp³-hybridized carbons (Fsp3) is 0.500. The summed E-state index contributed by atoms with van der Waals surface area (Å²) in [5, 5.41) is 2.60. The van der Waals surface area contributed by atoms with Gasteiger partial charge in [-0.05, 0) is 12.1 Å². The summed E-state index contributed by atoms with van der Waals surface area (Å²) >= 11 is 0. The first-order valence-electron chi connectivity index (χ1n) is 6.54. The lowest BCUT2D eigenvalue weighted by molar-refractivity contribution is -0.118. The van der Waals surface area contributed by atoms with Crippen LogP contribution in [0.5, 0.6) is 5.75 Å². The Morgan fingerprint density at radius 2 is 2.14 bits per heavy atom. The molecule has 1 unspecified atom stereocenters. The van der Waals surface area contributed by atoms with Crippen LogP contribution in [0.25, 0.3) is 0 Å². The summed E-state index contributed by atoms with van der Waals surface area (Å²) in [5.41, 5.74) is 5.72. The van der Waals surface area contributed by atoms with Gasteiger partial charge in [-0.25, -0.2) is 4.39 Å². The number of halogens is 1. The highest BCUT2D eigenvalue weighted by atomic mass is 19.1. The second kappa shape index (κ2) is 9.28. The van der Waals surface area contributed by atoms with Gasteiger partial charge in [0.15, 0.2) is 0 Å². The van der Waals surface area contributed by atoms with E-state index in [-0.39, 0.29) is 30.7 Å². The normalized spacial score (nSPS) is 12.0. The minimum absolute atomic E-state index is 0.0843. The summed E-state index contributed by atoms with van der Waals surface area (Å²) in [5.74, 6) is -0.412. The molecule has 1 aromatic carbocycles. The van der Waals surface area contributed by atoms with Crippen LogP contribution in [0, 0.1) is 5.82 Å². The standard InChI is InChI=1S/C14H21FN2O4/c1-19-5-6-21-13-4-3-10(15)7-12(13)17-14(18)8-11(9-16)20-2/h3-4,7,11H,5-6,8-9,16H2,1-2H3,(H,17,18). The van der Waals surface area contributed by atoms with Gasteiger partial charge in [0.2, 0.25) is 5.91 Å². The number of anilines is 1. The van der Waals surface area contributed by atoms with Crippen molar-refractivity contribution in [3.05, 3.63) is 24.0 Å². The first-order chi connectivity index (χ1) is 10.1. The number of nitrogens with two attached hydrogens (primary N) is 1. The topological polar surface area (TPSA) is 82.8 Å². The van der Waals surface area contributed by atoms with Crippen molar-refractivity contribution >= 4 is 11.6 Å². The molecule has 0 radical (unpaired) electrons. The van der Waals surface area contributed by atoms with E-state index in [9.17, 15) is 9.18 Å². The Hall–Kier alpha value is -1.70. The molecular weight excluding hydrogens is 279 g/mol. The van der Waals surface area contributed by atoms with Gasteiger partial charge in [-0.2, -0.15) is 0 Å². The number of amides is 1. The van der Waals surface area contributed by atoms with Gasteiger partial charge in [0, 0.05) is 26.8 Å². The van der Waals surface area contributed by atoms with Crippen LogP contribution in [0.15, 0.2) is 18.2 Å². The van der Waals surface area contributed by atoms with E-state index >= 15 is 0 Å². The molecule has 0 aliphatic carbocycles. The largest absolute Gasteiger partial charge is 0.489 e. The number of benzene rings is 1. The highest BCUT2D eigenvalue weighted by Crippen LogP contribution is 2.25. The Labute approximate surface area is 123 Å². The highest BCUT2D eigenvalue weighted by Gasteiger charge is 2.14. The minimum atomic E-state index is -0.466. The zero-order valence-corrected chi connectivity index (χ0v) is 12.2. The third-order valence-electron chi connectivity index (χ3n) is 2.77. The molecule has 0 heterocycles. The summed E-state index contributed by atoms with van der Waals surface area (Å²) in [6, 6.07) is 3.91. The number of carbonyl (C=O) groups excluding carboxylic acids is 1. The summed E-state index contributed by atoms with van der Waals surface area (Å²) in [6.07, 6.45) is -0.294. The van der Waals surface area contributed by atoms with Gasteiger partial charge < -0.3 is 25.3 Å². The van der Waals surface area contributed by atoms with Crippen molar-refractivity contribution in [2.75, 3.05) is 39.3 Å². The Morgan fingerprint density at radius 1 is 1.38 bits per heavy atom. The average molecular weight is 300 g/mol. The van der Waals surface area contributed by atoms with Crippen LogP contribution < -0.4 is 15.8 Å². The maximum Gasteiger partial charge on any atom is 0.227 e. The highest BCUT2D eigenvalue weighted by molar-refractivity contribution is 5.92. The smallest absolute Gasteiger partial charge is 0.227 e. The van der Waals surface area contributed by atoms with E-state index in [1.165, 1.54) is 25.3 Å². The van der Waals surface area contributed by atoms with E-state index < -0.39 is 5.82 Å². The maximum absolute atomic E-state index is 13.3. The molecule has 0 bridgehead atoms. The number of ether oxygens (including phenoxy) is 3. The third kappa shape index (κ3) is 6.07. The maximum atomic E-state index is 13.3. The van der Waals surface area contributed by atoms with Gasteiger partial charge in [-0.1, -0.05) is 0 Å². The predicted octanol–water partition coefficient (Wildman–Crippen LogP) is 1.15. The number of hydrogen-bond donors (Lipinski definition) is 2. The van der Waals surface area contributed by atoms with Crippen LogP contribution in [0.3, 0.4) is 0 Å².